The van der Waals surface area contributed by atoms with Gasteiger partial charge in [0.25, 0.3) is 0 Å². The molecule has 0 atom stereocenters. The van der Waals surface area contributed by atoms with E-state index in [0.29, 0.717) is 11.6 Å². The predicted molar refractivity (Wildman–Crippen MR) is 115 cm³/mol. The molecule has 7 heteroatoms. The summed E-state index contributed by atoms with van der Waals surface area (Å²) in [5.41, 5.74) is 9.52. The molecule has 3 N–H and O–H groups in total. The molecule has 3 aromatic heterocycles. The lowest BCUT2D eigenvalue weighted by Crippen LogP contribution is -2.10. The van der Waals surface area contributed by atoms with E-state index in [0.717, 1.165) is 39.5 Å². The Morgan fingerprint density at radius 3 is 2.97 bits per heavy atom. The van der Waals surface area contributed by atoms with Crippen LogP contribution in [0.15, 0.2) is 30.5 Å². The maximum Gasteiger partial charge on any atom is 0.310 e. The van der Waals surface area contributed by atoms with Crippen molar-refractivity contribution in [2.75, 3.05) is 5.73 Å². The van der Waals surface area contributed by atoms with E-state index in [1.807, 2.05) is 30.5 Å². The number of carbonyl (C=O) groups excluding carboxylic acids is 1. The second kappa shape index (κ2) is 7.48. The second-order valence-electron chi connectivity index (χ2n) is 7.47. The van der Waals surface area contributed by atoms with E-state index >= 15 is 0 Å². The molecule has 0 unspecified atom stereocenters. The number of anilines is 1. The highest BCUT2D eigenvalue weighted by molar-refractivity contribution is 7.19. The molecular weight excluding hydrogens is 384 g/mol. The van der Waals surface area contributed by atoms with Crippen molar-refractivity contribution in [1.29, 1.82) is 0 Å². The number of fused-ring (bicyclic) bond motifs is 4. The van der Waals surface area contributed by atoms with E-state index < -0.39 is 0 Å². The van der Waals surface area contributed by atoms with E-state index in [-0.39, 0.29) is 19.0 Å². The summed E-state index contributed by atoms with van der Waals surface area (Å²) < 4.78 is 5.45. The summed E-state index contributed by atoms with van der Waals surface area (Å²) in [4.78, 5) is 26.9. The molecule has 0 saturated carbocycles. The van der Waals surface area contributed by atoms with Crippen molar-refractivity contribution < 1.29 is 9.53 Å². The molecule has 0 spiro atoms. The molecule has 29 heavy (non-hydrogen) atoms. The van der Waals surface area contributed by atoms with Gasteiger partial charge in [-0.3, -0.25) is 4.79 Å². The number of nitrogen functional groups attached to an aromatic ring is 1. The summed E-state index contributed by atoms with van der Waals surface area (Å²) in [7, 11) is 0. The van der Waals surface area contributed by atoms with Crippen LogP contribution in [0.4, 0.5) is 5.82 Å². The zero-order valence-electron chi connectivity index (χ0n) is 16.0. The molecule has 0 radical (unpaired) electrons. The van der Waals surface area contributed by atoms with Gasteiger partial charge in [-0.1, -0.05) is 24.6 Å². The predicted octanol–water partition coefficient (Wildman–Crippen LogP) is 4.31. The fourth-order valence-electron chi connectivity index (χ4n) is 4.10. The van der Waals surface area contributed by atoms with E-state index in [4.69, 9.17) is 10.5 Å². The lowest BCUT2D eigenvalue weighted by atomic mass is 10.1. The molecule has 0 fully saturated rings. The number of aromatic amines is 1. The maximum absolute atomic E-state index is 12.4. The number of aryl methyl sites for hydroxylation is 2. The third-order valence-electron chi connectivity index (χ3n) is 5.51. The highest BCUT2D eigenvalue weighted by atomic mass is 32.1. The fourth-order valence-corrected chi connectivity index (χ4v) is 5.39. The zero-order valence-corrected chi connectivity index (χ0v) is 16.8. The average Bonchev–Trinajstić information content (AvgIpc) is 3.20. The minimum atomic E-state index is -0.306. The number of hydrogen-bond donors (Lipinski definition) is 2. The summed E-state index contributed by atoms with van der Waals surface area (Å²) in [6, 6.07) is 7.90. The molecule has 148 valence electrons. The Labute approximate surface area is 172 Å². The third kappa shape index (κ3) is 3.46. The Bertz CT molecular complexity index is 1210. The topological polar surface area (TPSA) is 93.9 Å². The van der Waals surface area contributed by atoms with Crippen LogP contribution in [0.1, 0.15) is 41.1 Å². The van der Waals surface area contributed by atoms with Crippen LogP contribution in [0.25, 0.3) is 21.1 Å². The number of rotatable bonds is 4. The Morgan fingerprint density at radius 2 is 2.03 bits per heavy atom. The average molecular weight is 407 g/mol. The number of aromatic nitrogens is 3. The van der Waals surface area contributed by atoms with Gasteiger partial charge in [0.05, 0.1) is 11.8 Å². The molecule has 5 rings (SSSR count). The van der Waals surface area contributed by atoms with E-state index in [1.165, 1.54) is 29.7 Å². The number of nitrogens with two attached hydrogens (primary N) is 1. The molecule has 1 aliphatic rings. The molecule has 0 bridgehead atoms. The van der Waals surface area contributed by atoms with Crippen molar-refractivity contribution in [1.82, 2.24) is 15.0 Å². The van der Waals surface area contributed by atoms with Gasteiger partial charge in [-0.15, -0.1) is 11.3 Å². The highest BCUT2D eigenvalue weighted by Gasteiger charge is 2.19. The number of nitrogens with one attached hydrogen (secondary N) is 1. The number of hydrogen-bond acceptors (Lipinski definition) is 6. The smallest absolute Gasteiger partial charge is 0.310 e. The zero-order chi connectivity index (χ0) is 19.8. The van der Waals surface area contributed by atoms with Crippen molar-refractivity contribution in [2.24, 2.45) is 0 Å². The second-order valence-corrected chi connectivity index (χ2v) is 8.55. The minimum absolute atomic E-state index is 0.0316. The molecule has 1 aromatic carbocycles. The van der Waals surface area contributed by atoms with Gasteiger partial charge in [-0.2, -0.15) is 0 Å². The SMILES string of the molecule is Nc1nc(COC(=O)Cc2c[nH]c3ccccc23)nc2sc3c(c12)CCCCC3. The first kappa shape index (κ1) is 18.1. The van der Waals surface area contributed by atoms with Crippen molar-refractivity contribution >= 4 is 44.2 Å². The Balaban J connectivity index is 1.32. The molecular formula is C22H22N4O2S. The number of benzene rings is 1. The van der Waals surface area contributed by atoms with Crippen LogP contribution in [0.5, 0.6) is 0 Å². The molecule has 0 aliphatic heterocycles. The van der Waals surface area contributed by atoms with Crippen molar-refractivity contribution in [3.63, 3.8) is 0 Å². The Hall–Kier alpha value is -2.93. The first-order valence-corrected chi connectivity index (χ1v) is 10.8. The van der Waals surface area contributed by atoms with Crippen LogP contribution in [0.3, 0.4) is 0 Å². The van der Waals surface area contributed by atoms with Crippen LogP contribution in [0.2, 0.25) is 0 Å². The monoisotopic (exact) mass is 406 g/mol. The van der Waals surface area contributed by atoms with Gasteiger partial charge in [-0.25, -0.2) is 9.97 Å². The van der Waals surface area contributed by atoms with Gasteiger partial charge < -0.3 is 15.5 Å². The van der Waals surface area contributed by atoms with Gasteiger partial charge in [-0.05, 0) is 42.9 Å². The van der Waals surface area contributed by atoms with Gasteiger partial charge >= 0.3 is 5.97 Å². The van der Waals surface area contributed by atoms with Crippen molar-refractivity contribution in [2.45, 2.75) is 45.1 Å². The maximum atomic E-state index is 12.4. The summed E-state index contributed by atoms with van der Waals surface area (Å²) in [6.07, 6.45) is 7.85. The quantitative estimate of drug-likeness (QED) is 0.389. The summed E-state index contributed by atoms with van der Waals surface area (Å²) in [6.45, 7) is 0.0316. The molecule has 6 nitrogen and oxygen atoms in total. The van der Waals surface area contributed by atoms with Gasteiger partial charge in [0.2, 0.25) is 0 Å². The highest BCUT2D eigenvalue weighted by Crippen LogP contribution is 2.37. The number of para-hydroxylation sites is 1. The number of carbonyl (C=O) groups is 1. The number of thiophene rings is 1. The summed E-state index contributed by atoms with van der Waals surface area (Å²) in [5, 5.41) is 2.03. The number of nitrogens with zero attached hydrogens (tertiary/aromatic N) is 2. The van der Waals surface area contributed by atoms with Crippen LogP contribution < -0.4 is 5.73 Å². The molecule has 4 aromatic rings. The molecule has 0 saturated heterocycles. The van der Waals surface area contributed by atoms with Crippen molar-refractivity contribution in [3.8, 4) is 0 Å². The number of ether oxygens (including phenoxy) is 1. The summed E-state index contributed by atoms with van der Waals surface area (Å²) >= 11 is 1.71. The Kier molecular flexibility index (Phi) is 4.67. The van der Waals surface area contributed by atoms with E-state index in [2.05, 4.69) is 15.0 Å². The standard InChI is InChI=1S/C22H22N4O2S/c23-21-20-15-7-2-1-3-9-17(15)29-22(20)26-18(25-21)12-28-19(27)10-13-11-24-16-8-5-4-6-14(13)16/h4-6,8,11,24H,1-3,7,9-10,12H2,(H2,23,25,26). The molecule has 3 heterocycles. The van der Waals surface area contributed by atoms with Crippen LogP contribution in [-0.2, 0) is 35.4 Å². The van der Waals surface area contributed by atoms with Gasteiger partial charge in [0.15, 0.2) is 12.4 Å². The lowest BCUT2D eigenvalue weighted by Gasteiger charge is -2.06. The Morgan fingerprint density at radius 1 is 1.17 bits per heavy atom. The minimum Gasteiger partial charge on any atom is -0.457 e. The summed E-state index contributed by atoms with van der Waals surface area (Å²) in [5.74, 6) is 0.648. The normalized spacial score (nSPS) is 14.1. The molecule has 0 amide bonds. The number of H-pyrrole nitrogens is 1. The largest absolute Gasteiger partial charge is 0.457 e. The van der Waals surface area contributed by atoms with Crippen LogP contribution in [0, 0.1) is 0 Å². The molecule has 1 aliphatic carbocycles. The third-order valence-corrected chi connectivity index (χ3v) is 6.70. The lowest BCUT2D eigenvalue weighted by molar-refractivity contribution is -0.144. The van der Waals surface area contributed by atoms with Crippen LogP contribution >= 0.6 is 11.3 Å². The van der Waals surface area contributed by atoms with E-state index in [1.54, 1.807) is 11.3 Å². The van der Waals surface area contributed by atoms with Crippen LogP contribution in [-0.4, -0.2) is 20.9 Å². The number of esters is 1. The van der Waals surface area contributed by atoms with Gasteiger partial charge in [0.1, 0.15) is 10.6 Å². The van der Waals surface area contributed by atoms with E-state index in [9.17, 15) is 4.79 Å². The van der Waals surface area contributed by atoms with Gasteiger partial charge in [0, 0.05) is 22.0 Å². The van der Waals surface area contributed by atoms with Crippen molar-refractivity contribution in [3.05, 3.63) is 52.3 Å². The fraction of sp³-hybridized carbons (Fsp3) is 0.318. The first-order chi connectivity index (χ1) is 14.2. The first-order valence-electron chi connectivity index (χ1n) is 9.96.